The summed E-state index contributed by atoms with van der Waals surface area (Å²) in [6.07, 6.45) is 4.20. The molecule has 0 aliphatic carbocycles. The summed E-state index contributed by atoms with van der Waals surface area (Å²) in [5, 5.41) is 7.54. The van der Waals surface area contributed by atoms with Crippen molar-refractivity contribution in [3.63, 3.8) is 0 Å². The van der Waals surface area contributed by atoms with Crippen LogP contribution in [-0.2, 0) is 4.79 Å². The van der Waals surface area contributed by atoms with Crippen LogP contribution in [0.2, 0.25) is 10.0 Å². The molecule has 5 nitrogen and oxygen atoms in total. The van der Waals surface area contributed by atoms with Crippen LogP contribution in [-0.4, -0.2) is 62.7 Å². The van der Waals surface area contributed by atoms with Gasteiger partial charge in [-0.05, 0) is 50.9 Å². The summed E-state index contributed by atoms with van der Waals surface area (Å²) in [4.78, 5) is 16.7. The molecule has 0 unspecified atom stereocenters. The number of carbonyl (C=O) groups is 1. The van der Waals surface area contributed by atoms with Crippen molar-refractivity contribution in [2.75, 3.05) is 50.7 Å². The fourth-order valence-electron chi connectivity index (χ4n) is 3.65. The van der Waals surface area contributed by atoms with Gasteiger partial charge in [0, 0.05) is 32.7 Å². The fourth-order valence-corrected chi connectivity index (χ4v) is 4.07. The van der Waals surface area contributed by atoms with Crippen LogP contribution in [0.25, 0.3) is 0 Å². The van der Waals surface area contributed by atoms with Gasteiger partial charge in [0.1, 0.15) is 0 Å². The summed E-state index contributed by atoms with van der Waals surface area (Å²) in [6.45, 7) is 6.80. The average molecular weight is 399 g/mol. The molecule has 0 radical (unpaired) electrons. The zero-order chi connectivity index (χ0) is 18.4. The zero-order valence-electron chi connectivity index (χ0n) is 15.1. The van der Waals surface area contributed by atoms with Gasteiger partial charge >= 0.3 is 0 Å². The van der Waals surface area contributed by atoms with Crippen molar-refractivity contribution in [2.45, 2.75) is 31.7 Å². The van der Waals surface area contributed by atoms with Crippen molar-refractivity contribution in [3.8, 4) is 0 Å². The number of halogens is 2. The number of carbonyl (C=O) groups excluding carboxylic acids is 1. The number of hydrogen-bond acceptors (Lipinski definition) is 4. The minimum absolute atomic E-state index is 0.0291. The summed E-state index contributed by atoms with van der Waals surface area (Å²) >= 11 is 12.4. The normalized spacial score (nSPS) is 21.2. The van der Waals surface area contributed by atoms with Gasteiger partial charge in [0.15, 0.2) is 0 Å². The highest BCUT2D eigenvalue weighted by atomic mass is 35.5. The highest BCUT2D eigenvalue weighted by Crippen LogP contribution is 2.32. The third kappa shape index (κ3) is 5.26. The Morgan fingerprint density at radius 3 is 2.73 bits per heavy atom. The monoisotopic (exact) mass is 398 g/mol. The lowest BCUT2D eigenvalue weighted by Gasteiger charge is -2.36. The molecule has 1 aromatic rings. The fraction of sp³-hybridized carbons (Fsp3) is 0.632. The van der Waals surface area contributed by atoms with Gasteiger partial charge < -0.3 is 15.5 Å². The number of piperazine rings is 1. The Morgan fingerprint density at radius 1 is 1.19 bits per heavy atom. The van der Waals surface area contributed by atoms with Gasteiger partial charge in [-0.3, -0.25) is 9.69 Å². The summed E-state index contributed by atoms with van der Waals surface area (Å²) in [5.74, 6) is 0.162. The number of rotatable bonds is 7. The van der Waals surface area contributed by atoms with E-state index in [1.807, 2.05) is 18.2 Å². The Bertz CT molecular complexity index is 599. The number of nitrogens with one attached hydrogen (secondary N) is 2. The smallest absolute Gasteiger partial charge is 0.237 e. The van der Waals surface area contributed by atoms with Gasteiger partial charge in [-0.1, -0.05) is 29.3 Å². The van der Waals surface area contributed by atoms with Gasteiger partial charge in [-0.2, -0.15) is 0 Å². The third-order valence-electron chi connectivity index (χ3n) is 5.22. The van der Waals surface area contributed by atoms with Gasteiger partial charge in [0.2, 0.25) is 5.91 Å². The highest BCUT2D eigenvalue weighted by Gasteiger charge is 2.21. The average Bonchev–Trinajstić information content (AvgIpc) is 3.19. The quantitative estimate of drug-likeness (QED) is 0.693. The molecular weight excluding hydrogens is 371 g/mol. The maximum Gasteiger partial charge on any atom is 0.237 e. The van der Waals surface area contributed by atoms with Gasteiger partial charge in [0.05, 0.1) is 21.8 Å². The summed E-state index contributed by atoms with van der Waals surface area (Å²) in [6, 6.07) is 5.84. The molecule has 3 rings (SSSR count). The van der Waals surface area contributed by atoms with E-state index in [4.69, 9.17) is 23.2 Å². The van der Waals surface area contributed by atoms with Crippen LogP contribution in [0.4, 0.5) is 5.69 Å². The molecule has 2 heterocycles. The molecule has 144 valence electrons. The maximum atomic E-state index is 11.9. The summed E-state index contributed by atoms with van der Waals surface area (Å²) in [7, 11) is 0. The van der Waals surface area contributed by atoms with E-state index in [1.165, 1.54) is 0 Å². The number of unbranched alkanes of at least 4 members (excludes halogenated alkanes) is 1. The van der Waals surface area contributed by atoms with Crippen molar-refractivity contribution in [2.24, 2.45) is 0 Å². The lowest BCUT2D eigenvalue weighted by molar-refractivity contribution is -0.122. The van der Waals surface area contributed by atoms with Crippen molar-refractivity contribution >= 4 is 34.8 Å². The molecule has 2 saturated heterocycles. The first kappa shape index (κ1) is 19.7. The van der Waals surface area contributed by atoms with E-state index in [9.17, 15) is 4.79 Å². The first-order valence-electron chi connectivity index (χ1n) is 9.57. The number of hydrogen-bond donors (Lipinski definition) is 2. The van der Waals surface area contributed by atoms with Crippen molar-refractivity contribution in [1.29, 1.82) is 0 Å². The van der Waals surface area contributed by atoms with E-state index in [2.05, 4.69) is 20.4 Å². The topological polar surface area (TPSA) is 47.6 Å². The standard InChI is InChI=1S/C19H28Cl2N4O/c20-15-5-3-7-17(18(15)21)25-13-11-24(12-14-25)10-2-1-8-23-19(26)16-6-4-9-22-16/h3,5,7,16,22H,1-2,4,6,8-14H2,(H,23,26)/t16-/m0/s1. The van der Waals surface area contributed by atoms with Crippen LogP contribution >= 0.6 is 23.2 Å². The van der Waals surface area contributed by atoms with E-state index in [1.54, 1.807) is 0 Å². The molecule has 7 heteroatoms. The molecule has 0 aromatic heterocycles. The van der Waals surface area contributed by atoms with Gasteiger partial charge in [-0.15, -0.1) is 0 Å². The lowest BCUT2D eigenvalue weighted by Crippen LogP contribution is -2.46. The van der Waals surface area contributed by atoms with Crippen molar-refractivity contribution in [3.05, 3.63) is 28.2 Å². The lowest BCUT2D eigenvalue weighted by atomic mass is 10.2. The Labute approximate surface area is 166 Å². The second-order valence-corrected chi connectivity index (χ2v) is 7.83. The van der Waals surface area contributed by atoms with Crippen LogP contribution in [0.15, 0.2) is 18.2 Å². The van der Waals surface area contributed by atoms with Crippen LogP contribution in [0.1, 0.15) is 25.7 Å². The maximum absolute atomic E-state index is 11.9. The zero-order valence-corrected chi connectivity index (χ0v) is 16.7. The molecular formula is C19H28Cl2N4O. The van der Waals surface area contributed by atoms with Crippen LogP contribution in [0.3, 0.4) is 0 Å². The van der Waals surface area contributed by atoms with E-state index < -0.39 is 0 Å². The molecule has 1 amide bonds. The number of amides is 1. The van der Waals surface area contributed by atoms with E-state index >= 15 is 0 Å². The molecule has 26 heavy (non-hydrogen) atoms. The van der Waals surface area contributed by atoms with Crippen LogP contribution in [0.5, 0.6) is 0 Å². The Kier molecular flexibility index (Phi) is 7.43. The SMILES string of the molecule is O=C(NCCCCN1CCN(c2cccc(Cl)c2Cl)CC1)[C@@H]1CCCN1. The minimum atomic E-state index is 0.0291. The molecule has 0 spiro atoms. The molecule has 1 aromatic carbocycles. The first-order valence-corrected chi connectivity index (χ1v) is 10.3. The predicted molar refractivity (Wildman–Crippen MR) is 108 cm³/mol. The Balaban J connectivity index is 1.30. The third-order valence-corrected chi connectivity index (χ3v) is 6.03. The number of benzene rings is 1. The molecule has 2 aliphatic heterocycles. The van der Waals surface area contributed by atoms with Crippen LogP contribution in [0, 0.1) is 0 Å². The minimum Gasteiger partial charge on any atom is -0.368 e. The number of nitrogens with zero attached hydrogens (tertiary/aromatic N) is 2. The van der Waals surface area contributed by atoms with E-state index in [-0.39, 0.29) is 11.9 Å². The molecule has 2 fully saturated rings. The van der Waals surface area contributed by atoms with E-state index in [0.717, 1.165) is 77.2 Å². The predicted octanol–water partition coefficient (Wildman–Crippen LogP) is 2.76. The molecule has 0 bridgehead atoms. The molecule has 2 N–H and O–H groups in total. The van der Waals surface area contributed by atoms with Crippen LogP contribution < -0.4 is 15.5 Å². The first-order chi connectivity index (χ1) is 12.6. The van der Waals surface area contributed by atoms with Gasteiger partial charge in [-0.25, -0.2) is 0 Å². The Hall–Kier alpha value is -1.01. The van der Waals surface area contributed by atoms with Gasteiger partial charge in [0.25, 0.3) is 0 Å². The number of anilines is 1. The summed E-state index contributed by atoms with van der Waals surface area (Å²) in [5.41, 5.74) is 1.03. The molecule has 2 aliphatic rings. The van der Waals surface area contributed by atoms with Crippen molar-refractivity contribution in [1.82, 2.24) is 15.5 Å². The Morgan fingerprint density at radius 2 is 2.00 bits per heavy atom. The van der Waals surface area contributed by atoms with E-state index in [0.29, 0.717) is 10.0 Å². The van der Waals surface area contributed by atoms with Crippen molar-refractivity contribution < 1.29 is 4.79 Å². The molecule has 1 atom stereocenters. The second kappa shape index (κ2) is 9.79. The summed E-state index contributed by atoms with van der Waals surface area (Å²) < 4.78 is 0. The highest BCUT2D eigenvalue weighted by molar-refractivity contribution is 6.43. The molecule has 0 saturated carbocycles. The second-order valence-electron chi connectivity index (χ2n) is 7.05. The largest absolute Gasteiger partial charge is 0.368 e.